The molecule has 0 bridgehead atoms. The Balaban J connectivity index is 1.79. The fourth-order valence-electron chi connectivity index (χ4n) is 2.73. The highest BCUT2D eigenvalue weighted by Crippen LogP contribution is 2.19. The fraction of sp³-hybridized carbons (Fsp3) is 0.222. The third-order valence-electron chi connectivity index (χ3n) is 3.83. The number of fused-ring (bicyclic) bond motifs is 1. The van der Waals surface area contributed by atoms with Crippen molar-refractivity contribution >= 4 is 21.7 Å². The zero-order chi connectivity index (χ0) is 15.4. The summed E-state index contributed by atoms with van der Waals surface area (Å²) in [6.45, 7) is 0.756. The van der Waals surface area contributed by atoms with Crippen LogP contribution in [0, 0.1) is 0 Å². The van der Waals surface area contributed by atoms with Gasteiger partial charge in [0.05, 0.1) is 0 Å². The van der Waals surface area contributed by atoms with Crippen LogP contribution < -0.4 is 5.32 Å². The van der Waals surface area contributed by atoms with Gasteiger partial charge in [-0.3, -0.25) is 4.21 Å². The lowest BCUT2D eigenvalue weighted by Crippen LogP contribution is -2.25. The SMILES string of the molecule is C[S@](=O)C[C@H](NCc1cccc2[nH]ccc12)c1ccccc1. The number of H-pyrrole nitrogens is 1. The van der Waals surface area contributed by atoms with Crippen molar-refractivity contribution in [1.82, 2.24) is 10.3 Å². The van der Waals surface area contributed by atoms with E-state index in [1.54, 1.807) is 6.26 Å². The second kappa shape index (κ2) is 6.90. The van der Waals surface area contributed by atoms with E-state index in [0.29, 0.717) is 5.75 Å². The molecule has 0 unspecified atom stereocenters. The molecule has 2 N–H and O–H groups in total. The molecule has 1 aromatic heterocycles. The molecular formula is C18H20N2OS. The van der Waals surface area contributed by atoms with E-state index in [2.05, 4.69) is 46.7 Å². The number of rotatable bonds is 6. The quantitative estimate of drug-likeness (QED) is 0.733. The largest absolute Gasteiger partial charge is 0.361 e. The molecule has 2 atom stereocenters. The normalized spacial score (nSPS) is 14.0. The van der Waals surface area contributed by atoms with Crippen molar-refractivity contribution in [1.29, 1.82) is 0 Å². The van der Waals surface area contributed by atoms with Crippen molar-refractivity contribution in [2.45, 2.75) is 12.6 Å². The van der Waals surface area contributed by atoms with Gasteiger partial charge in [0, 0.05) is 52.5 Å². The van der Waals surface area contributed by atoms with Crippen LogP contribution in [0.5, 0.6) is 0 Å². The Bertz CT molecular complexity index is 767. The first-order valence-electron chi connectivity index (χ1n) is 7.37. The van der Waals surface area contributed by atoms with Crippen molar-refractivity contribution in [2.75, 3.05) is 12.0 Å². The minimum atomic E-state index is -0.842. The van der Waals surface area contributed by atoms with Crippen LogP contribution >= 0.6 is 0 Å². The van der Waals surface area contributed by atoms with Crippen LogP contribution in [-0.2, 0) is 17.3 Å². The van der Waals surface area contributed by atoms with Crippen LogP contribution in [-0.4, -0.2) is 21.2 Å². The highest BCUT2D eigenvalue weighted by molar-refractivity contribution is 7.84. The highest BCUT2D eigenvalue weighted by atomic mass is 32.2. The fourth-order valence-corrected chi connectivity index (χ4v) is 3.51. The molecule has 0 aliphatic carbocycles. The van der Waals surface area contributed by atoms with E-state index in [4.69, 9.17) is 0 Å². The maximum atomic E-state index is 11.7. The van der Waals surface area contributed by atoms with Gasteiger partial charge in [-0.1, -0.05) is 42.5 Å². The van der Waals surface area contributed by atoms with Gasteiger partial charge in [-0.2, -0.15) is 0 Å². The van der Waals surface area contributed by atoms with Crippen LogP contribution in [0.25, 0.3) is 10.9 Å². The number of benzene rings is 2. The predicted octanol–water partition coefficient (Wildman–Crippen LogP) is 3.38. The summed E-state index contributed by atoms with van der Waals surface area (Å²) in [4.78, 5) is 3.24. The summed E-state index contributed by atoms with van der Waals surface area (Å²) in [6, 6.07) is 18.7. The van der Waals surface area contributed by atoms with Crippen molar-refractivity contribution in [3.05, 3.63) is 71.9 Å². The molecular weight excluding hydrogens is 292 g/mol. The van der Waals surface area contributed by atoms with E-state index in [1.165, 1.54) is 16.5 Å². The first-order valence-corrected chi connectivity index (χ1v) is 9.10. The van der Waals surface area contributed by atoms with E-state index < -0.39 is 10.8 Å². The zero-order valence-electron chi connectivity index (χ0n) is 12.6. The lowest BCUT2D eigenvalue weighted by molar-refractivity contribution is 0.576. The van der Waals surface area contributed by atoms with Crippen LogP contribution in [0.3, 0.4) is 0 Å². The Hall–Kier alpha value is -1.91. The molecule has 0 amide bonds. The molecule has 0 saturated carbocycles. The minimum Gasteiger partial charge on any atom is -0.361 e. The van der Waals surface area contributed by atoms with Gasteiger partial charge in [-0.05, 0) is 23.3 Å². The monoisotopic (exact) mass is 312 g/mol. The number of nitrogens with one attached hydrogen (secondary N) is 2. The predicted molar refractivity (Wildman–Crippen MR) is 93.3 cm³/mol. The molecule has 3 rings (SSSR count). The Morgan fingerprint density at radius 2 is 1.91 bits per heavy atom. The van der Waals surface area contributed by atoms with Gasteiger partial charge in [-0.15, -0.1) is 0 Å². The smallest absolute Gasteiger partial charge is 0.0457 e. The zero-order valence-corrected chi connectivity index (χ0v) is 13.4. The van der Waals surface area contributed by atoms with Gasteiger partial charge in [0.2, 0.25) is 0 Å². The third-order valence-corrected chi connectivity index (χ3v) is 4.63. The standard InChI is InChI=1S/C18H20N2OS/c1-22(21)13-18(14-6-3-2-4-7-14)20-12-15-8-5-9-17-16(15)10-11-19-17/h2-11,18-20H,12-13H2,1H3/t18-,22-/m0/s1. The first kappa shape index (κ1) is 15.0. The Kier molecular flexibility index (Phi) is 4.71. The topological polar surface area (TPSA) is 44.9 Å². The van der Waals surface area contributed by atoms with Gasteiger partial charge in [-0.25, -0.2) is 0 Å². The molecule has 0 fully saturated rings. The molecule has 1 heterocycles. The van der Waals surface area contributed by atoms with Crippen molar-refractivity contribution in [2.24, 2.45) is 0 Å². The molecule has 0 spiro atoms. The molecule has 22 heavy (non-hydrogen) atoms. The summed E-state index contributed by atoms with van der Waals surface area (Å²) in [5, 5.41) is 4.79. The molecule has 0 saturated heterocycles. The van der Waals surface area contributed by atoms with E-state index in [0.717, 1.165) is 12.1 Å². The number of aromatic nitrogens is 1. The van der Waals surface area contributed by atoms with Crippen molar-refractivity contribution in [3.63, 3.8) is 0 Å². The first-order chi connectivity index (χ1) is 10.7. The molecule has 4 heteroatoms. The van der Waals surface area contributed by atoms with Crippen LogP contribution in [0.15, 0.2) is 60.8 Å². The molecule has 0 aliphatic heterocycles. The van der Waals surface area contributed by atoms with E-state index >= 15 is 0 Å². The average Bonchev–Trinajstić information content (AvgIpc) is 3.01. The summed E-state index contributed by atoms with van der Waals surface area (Å²) in [7, 11) is -0.842. The summed E-state index contributed by atoms with van der Waals surface area (Å²) in [5.74, 6) is 0.618. The van der Waals surface area contributed by atoms with E-state index in [1.807, 2.05) is 24.4 Å². The Labute approximate surface area is 133 Å². The van der Waals surface area contributed by atoms with E-state index in [-0.39, 0.29) is 6.04 Å². The second-order valence-corrected chi connectivity index (χ2v) is 6.92. The Morgan fingerprint density at radius 3 is 2.68 bits per heavy atom. The third kappa shape index (κ3) is 3.46. The second-order valence-electron chi connectivity index (χ2n) is 5.44. The lowest BCUT2D eigenvalue weighted by atomic mass is 10.1. The molecule has 114 valence electrons. The molecule has 0 radical (unpaired) electrons. The number of hydrogen-bond donors (Lipinski definition) is 2. The summed E-state index contributed by atoms with van der Waals surface area (Å²) in [5.41, 5.74) is 3.58. The highest BCUT2D eigenvalue weighted by Gasteiger charge is 2.13. The van der Waals surface area contributed by atoms with E-state index in [9.17, 15) is 4.21 Å². The van der Waals surface area contributed by atoms with Gasteiger partial charge >= 0.3 is 0 Å². The average molecular weight is 312 g/mol. The van der Waals surface area contributed by atoms with Crippen LogP contribution in [0.1, 0.15) is 17.2 Å². The van der Waals surface area contributed by atoms with Crippen LogP contribution in [0.2, 0.25) is 0 Å². The van der Waals surface area contributed by atoms with Crippen molar-refractivity contribution < 1.29 is 4.21 Å². The molecule has 2 aromatic carbocycles. The van der Waals surface area contributed by atoms with Crippen LogP contribution in [0.4, 0.5) is 0 Å². The van der Waals surface area contributed by atoms with Gasteiger partial charge in [0.15, 0.2) is 0 Å². The molecule has 3 nitrogen and oxygen atoms in total. The lowest BCUT2D eigenvalue weighted by Gasteiger charge is -2.18. The summed E-state index contributed by atoms with van der Waals surface area (Å²) >= 11 is 0. The number of hydrogen-bond acceptors (Lipinski definition) is 2. The number of aromatic amines is 1. The molecule has 0 aliphatic rings. The Morgan fingerprint density at radius 1 is 1.09 bits per heavy atom. The van der Waals surface area contributed by atoms with Gasteiger partial charge < -0.3 is 10.3 Å². The van der Waals surface area contributed by atoms with Gasteiger partial charge in [0.1, 0.15) is 0 Å². The summed E-state index contributed by atoms with van der Waals surface area (Å²) in [6.07, 6.45) is 3.72. The maximum absolute atomic E-state index is 11.7. The molecule has 3 aromatic rings. The maximum Gasteiger partial charge on any atom is 0.0457 e. The summed E-state index contributed by atoms with van der Waals surface area (Å²) < 4.78 is 11.7. The van der Waals surface area contributed by atoms with Crippen molar-refractivity contribution in [3.8, 4) is 0 Å². The van der Waals surface area contributed by atoms with Gasteiger partial charge in [0.25, 0.3) is 0 Å². The minimum absolute atomic E-state index is 0.0984.